The fourth-order valence-corrected chi connectivity index (χ4v) is 0.984. The van der Waals surface area contributed by atoms with Crippen molar-refractivity contribution >= 4 is 11.9 Å². The van der Waals surface area contributed by atoms with E-state index < -0.39 is 12.0 Å². The van der Waals surface area contributed by atoms with Gasteiger partial charge in [0.25, 0.3) is 0 Å². The third kappa shape index (κ3) is 1.69. The van der Waals surface area contributed by atoms with E-state index in [1.54, 1.807) is 0 Å². The molecule has 1 amide bonds. The van der Waals surface area contributed by atoms with Crippen molar-refractivity contribution in [3.63, 3.8) is 0 Å². The molecule has 0 bridgehead atoms. The summed E-state index contributed by atoms with van der Waals surface area (Å²) in [7, 11) is 0. The highest BCUT2D eigenvalue weighted by Crippen LogP contribution is 2.18. The normalized spacial score (nSPS) is 21.5. The standard InChI is InChI=1S/C7H11NO3/c1-2-3-6(9)8-4-5(8)7(10)11/h5H,2-4H2,1H3,(H,10,11)/t5-,8?/m1/s1. The fourth-order valence-electron chi connectivity index (χ4n) is 0.984. The number of hydrogen-bond donors (Lipinski definition) is 1. The first-order valence-electron chi connectivity index (χ1n) is 3.69. The molecule has 0 aromatic rings. The lowest BCUT2D eigenvalue weighted by Gasteiger charge is -1.98. The first kappa shape index (κ1) is 8.04. The summed E-state index contributed by atoms with van der Waals surface area (Å²) in [4.78, 5) is 22.7. The van der Waals surface area contributed by atoms with E-state index in [-0.39, 0.29) is 5.91 Å². The highest BCUT2D eigenvalue weighted by molar-refractivity contribution is 5.88. The average molecular weight is 157 g/mol. The number of carbonyl (C=O) groups excluding carboxylic acids is 1. The fraction of sp³-hybridized carbons (Fsp3) is 0.714. The zero-order valence-electron chi connectivity index (χ0n) is 6.41. The van der Waals surface area contributed by atoms with Crippen LogP contribution < -0.4 is 0 Å². The highest BCUT2D eigenvalue weighted by atomic mass is 16.4. The van der Waals surface area contributed by atoms with Gasteiger partial charge in [-0.2, -0.15) is 0 Å². The second kappa shape index (κ2) is 2.90. The van der Waals surface area contributed by atoms with Crippen LogP contribution in [0.4, 0.5) is 0 Å². The topological polar surface area (TPSA) is 57.4 Å². The van der Waals surface area contributed by atoms with Crippen LogP contribution in [0.3, 0.4) is 0 Å². The molecular weight excluding hydrogens is 146 g/mol. The van der Waals surface area contributed by atoms with Gasteiger partial charge >= 0.3 is 5.97 Å². The Labute approximate surface area is 64.8 Å². The SMILES string of the molecule is CCCC(=O)N1C[C@@H]1C(=O)O. The Kier molecular flexibility index (Phi) is 2.12. The first-order chi connectivity index (χ1) is 5.16. The van der Waals surface area contributed by atoms with E-state index in [1.807, 2.05) is 6.92 Å². The molecule has 1 rings (SSSR count). The van der Waals surface area contributed by atoms with Gasteiger partial charge in [0.2, 0.25) is 5.91 Å². The van der Waals surface area contributed by atoms with Crippen molar-refractivity contribution in [1.29, 1.82) is 0 Å². The van der Waals surface area contributed by atoms with Crippen LogP contribution in [0.25, 0.3) is 0 Å². The van der Waals surface area contributed by atoms with Crippen molar-refractivity contribution in [1.82, 2.24) is 4.90 Å². The molecule has 0 spiro atoms. The molecule has 1 aliphatic heterocycles. The van der Waals surface area contributed by atoms with Gasteiger partial charge in [-0.3, -0.25) is 4.79 Å². The maximum atomic E-state index is 11.0. The molecule has 0 aromatic carbocycles. The van der Waals surface area contributed by atoms with Crippen LogP contribution in [-0.2, 0) is 9.59 Å². The van der Waals surface area contributed by atoms with Gasteiger partial charge in [0, 0.05) is 6.42 Å². The van der Waals surface area contributed by atoms with Crippen LogP contribution >= 0.6 is 0 Å². The highest BCUT2D eigenvalue weighted by Gasteiger charge is 2.43. The van der Waals surface area contributed by atoms with Crippen molar-refractivity contribution in [2.45, 2.75) is 25.8 Å². The Bertz CT molecular complexity index is 190. The average Bonchev–Trinajstić information content (AvgIpc) is 2.65. The Morgan fingerprint density at radius 2 is 2.27 bits per heavy atom. The molecule has 0 unspecified atom stereocenters. The molecule has 1 heterocycles. The van der Waals surface area contributed by atoms with Gasteiger partial charge in [-0.15, -0.1) is 0 Å². The van der Waals surface area contributed by atoms with Crippen LogP contribution in [0.15, 0.2) is 0 Å². The predicted molar refractivity (Wildman–Crippen MR) is 38.0 cm³/mol. The van der Waals surface area contributed by atoms with Crippen molar-refractivity contribution in [3.8, 4) is 0 Å². The largest absolute Gasteiger partial charge is 0.480 e. The van der Waals surface area contributed by atoms with Gasteiger partial charge in [-0.05, 0) is 6.42 Å². The molecule has 62 valence electrons. The summed E-state index contributed by atoms with van der Waals surface area (Å²) in [6, 6.07) is -0.533. The lowest BCUT2D eigenvalue weighted by molar-refractivity contribution is -0.139. The number of nitrogens with zero attached hydrogens (tertiary/aromatic N) is 1. The van der Waals surface area contributed by atoms with Crippen molar-refractivity contribution in [2.24, 2.45) is 0 Å². The van der Waals surface area contributed by atoms with E-state index in [4.69, 9.17) is 5.11 Å². The van der Waals surface area contributed by atoms with Crippen molar-refractivity contribution < 1.29 is 14.7 Å². The molecule has 1 atom stereocenters. The van der Waals surface area contributed by atoms with Crippen LogP contribution in [0.5, 0.6) is 0 Å². The number of carboxylic acids is 1. The summed E-state index contributed by atoms with van der Waals surface area (Å²) in [6.45, 7) is 2.30. The minimum absolute atomic E-state index is 0.0418. The lowest BCUT2D eigenvalue weighted by Crippen LogP contribution is -2.17. The molecule has 1 saturated heterocycles. The van der Waals surface area contributed by atoms with Gasteiger partial charge in [0.05, 0.1) is 6.54 Å². The molecule has 0 aliphatic carbocycles. The quantitative estimate of drug-likeness (QED) is 0.590. The summed E-state index contributed by atoms with van der Waals surface area (Å²) in [5.41, 5.74) is 0. The molecule has 4 nitrogen and oxygen atoms in total. The molecule has 1 N–H and O–H groups in total. The Morgan fingerprint density at radius 1 is 1.64 bits per heavy atom. The van der Waals surface area contributed by atoms with E-state index in [0.717, 1.165) is 6.42 Å². The van der Waals surface area contributed by atoms with E-state index in [2.05, 4.69) is 0 Å². The van der Waals surface area contributed by atoms with Gasteiger partial charge in [-0.25, -0.2) is 4.79 Å². The molecular formula is C7H11NO3. The van der Waals surface area contributed by atoms with E-state index in [0.29, 0.717) is 13.0 Å². The molecule has 1 fully saturated rings. The predicted octanol–water partition coefficient (Wildman–Crippen LogP) is 0.0819. The molecule has 1 aliphatic rings. The van der Waals surface area contributed by atoms with Crippen LogP contribution in [0.2, 0.25) is 0 Å². The lowest BCUT2D eigenvalue weighted by atomic mass is 10.3. The summed E-state index contributed by atoms with van der Waals surface area (Å²) >= 11 is 0. The van der Waals surface area contributed by atoms with Crippen LogP contribution in [0, 0.1) is 0 Å². The molecule has 0 radical (unpaired) electrons. The zero-order chi connectivity index (χ0) is 8.43. The minimum atomic E-state index is -0.894. The van der Waals surface area contributed by atoms with Gasteiger partial charge in [0.1, 0.15) is 6.04 Å². The number of carbonyl (C=O) groups is 2. The maximum Gasteiger partial charge on any atom is 0.328 e. The van der Waals surface area contributed by atoms with Crippen LogP contribution in [0.1, 0.15) is 19.8 Å². The second-order valence-corrected chi connectivity index (χ2v) is 2.65. The van der Waals surface area contributed by atoms with Gasteiger partial charge < -0.3 is 10.0 Å². The van der Waals surface area contributed by atoms with Gasteiger partial charge in [-0.1, -0.05) is 6.92 Å². The second-order valence-electron chi connectivity index (χ2n) is 2.65. The molecule has 11 heavy (non-hydrogen) atoms. The van der Waals surface area contributed by atoms with Gasteiger partial charge in [0.15, 0.2) is 0 Å². The number of rotatable bonds is 3. The van der Waals surface area contributed by atoms with E-state index in [9.17, 15) is 9.59 Å². The minimum Gasteiger partial charge on any atom is -0.480 e. The number of carboxylic acid groups (broad SMARTS) is 1. The monoisotopic (exact) mass is 157 g/mol. The summed E-state index contributed by atoms with van der Waals surface area (Å²) < 4.78 is 0. The molecule has 0 saturated carbocycles. The molecule has 0 aromatic heterocycles. The summed E-state index contributed by atoms with van der Waals surface area (Å²) in [5.74, 6) is -0.936. The number of hydrogen-bond acceptors (Lipinski definition) is 2. The third-order valence-electron chi connectivity index (χ3n) is 1.68. The number of amides is 1. The van der Waals surface area contributed by atoms with Crippen molar-refractivity contribution in [2.75, 3.05) is 6.54 Å². The smallest absolute Gasteiger partial charge is 0.328 e. The molecule has 4 heteroatoms. The van der Waals surface area contributed by atoms with E-state index >= 15 is 0 Å². The van der Waals surface area contributed by atoms with Crippen molar-refractivity contribution in [3.05, 3.63) is 0 Å². The Hall–Kier alpha value is -1.06. The summed E-state index contributed by atoms with van der Waals surface area (Å²) in [6.07, 6.45) is 1.24. The Morgan fingerprint density at radius 3 is 2.64 bits per heavy atom. The first-order valence-corrected chi connectivity index (χ1v) is 3.69. The van der Waals surface area contributed by atoms with E-state index in [1.165, 1.54) is 4.90 Å². The Balaban J connectivity index is 2.32. The maximum absolute atomic E-state index is 11.0. The third-order valence-corrected chi connectivity index (χ3v) is 1.68. The number of aliphatic carboxylic acids is 1. The zero-order valence-corrected chi connectivity index (χ0v) is 6.41. The summed E-state index contributed by atoms with van der Waals surface area (Å²) in [5, 5.41) is 8.45. The van der Waals surface area contributed by atoms with Crippen LogP contribution in [-0.4, -0.2) is 34.5 Å².